The second-order valence-corrected chi connectivity index (χ2v) is 7.18. The van der Waals surface area contributed by atoms with Crippen molar-refractivity contribution >= 4 is 6.08 Å². The van der Waals surface area contributed by atoms with E-state index < -0.39 is 0 Å². The van der Waals surface area contributed by atoms with Crippen LogP contribution in [0.3, 0.4) is 0 Å². The standard InChI is InChI=1S/C17H26/c1-16(2,3)12-11-14-7-9-15(10-8-14)13-17(4,5)6/h7-12H,13H2,1-6H3/b12-11+. The van der Waals surface area contributed by atoms with Gasteiger partial charge in [0.1, 0.15) is 0 Å². The van der Waals surface area contributed by atoms with Crippen molar-refractivity contribution in [3.8, 4) is 0 Å². The van der Waals surface area contributed by atoms with Crippen molar-refractivity contribution in [2.75, 3.05) is 0 Å². The van der Waals surface area contributed by atoms with Gasteiger partial charge >= 0.3 is 0 Å². The Hall–Kier alpha value is -1.04. The summed E-state index contributed by atoms with van der Waals surface area (Å²) in [5.41, 5.74) is 3.33. The third kappa shape index (κ3) is 6.31. The zero-order chi connectivity index (χ0) is 13.1. The largest absolute Gasteiger partial charge is 0.0785 e. The molecule has 0 aliphatic carbocycles. The SMILES string of the molecule is CC(C)(C)/C=C/c1ccc(CC(C)(C)C)cc1. The molecule has 0 heterocycles. The Labute approximate surface area is 107 Å². The fourth-order valence-electron chi connectivity index (χ4n) is 1.71. The molecule has 0 heteroatoms. The van der Waals surface area contributed by atoms with Crippen molar-refractivity contribution in [3.63, 3.8) is 0 Å². The van der Waals surface area contributed by atoms with Crippen LogP contribution in [-0.4, -0.2) is 0 Å². The highest BCUT2D eigenvalue weighted by molar-refractivity contribution is 5.50. The van der Waals surface area contributed by atoms with Crippen LogP contribution in [0.4, 0.5) is 0 Å². The second kappa shape index (κ2) is 5.08. The predicted molar refractivity (Wildman–Crippen MR) is 78.1 cm³/mol. The van der Waals surface area contributed by atoms with Crippen molar-refractivity contribution in [1.82, 2.24) is 0 Å². The maximum atomic E-state index is 2.28. The summed E-state index contributed by atoms with van der Waals surface area (Å²) in [7, 11) is 0. The Morgan fingerprint density at radius 3 is 1.82 bits per heavy atom. The Bertz CT molecular complexity index is 366. The Morgan fingerprint density at radius 2 is 1.41 bits per heavy atom. The van der Waals surface area contributed by atoms with Gasteiger partial charge in [0.25, 0.3) is 0 Å². The van der Waals surface area contributed by atoms with Gasteiger partial charge in [0.05, 0.1) is 0 Å². The number of rotatable bonds is 2. The summed E-state index contributed by atoms with van der Waals surface area (Å²) in [6.45, 7) is 13.5. The molecule has 0 aliphatic rings. The summed E-state index contributed by atoms with van der Waals surface area (Å²) in [5, 5.41) is 0. The molecule has 1 aromatic carbocycles. The molecule has 0 unspecified atom stereocenters. The van der Waals surface area contributed by atoms with E-state index in [-0.39, 0.29) is 5.41 Å². The molecule has 0 aliphatic heterocycles. The molecule has 0 N–H and O–H groups in total. The van der Waals surface area contributed by atoms with E-state index in [0.29, 0.717) is 5.41 Å². The Balaban J connectivity index is 2.72. The lowest BCUT2D eigenvalue weighted by molar-refractivity contribution is 0.411. The number of hydrogen-bond acceptors (Lipinski definition) is 0. The quantitative estimate of drug-likeness (QED) is 0.643. The normalized spacial score (nSPS) is 13.3. The second-order valence-electron chi connectivity index (χ2n) is 7.18. The molecule has 0 amide bonds. The summed E-state index contributed by atoms with van der Waals surface area (Å²) in [6, 6.07) is 8.91. The first-order chi connectivity index (χ1) is 7.66. The predicted octanol–water partition coefficient (Wildman–Crippen LogP) is 5.33. The highest BCUT2D eigenvalue weighted by Gasteiger charge is 2.10. The van der Waals surface area contributed by atoms with Gasteiger partial charge in [0.2, 0.25) is 0 Å². The molecule has 1 aromatic rings. The first-order valence-electron chi connectivity index (χ1n) is 6.44. The molecule has 0 nitrogen and oxygen atoms in total. The third-order valence-electron chi connectivity index (χ3n) is 2.49. The lowest BCUT2D eigenvalue weighted by atomic mass is 9.88. The summed E-state index contributed by atoms with van der Waals surface area (Å²) in [6.07, 6.45) is 5.60. The first kappa shape index (κ1) is 14.0. The topological polar surface area (TPSA) is 0 Å². The molecule has 0 spiro atoms. The molecule has 0 saturated carbocycles. The van der Waals surface area contributed by atoms with E-state index in [2.05, 4.69) is 78.0 Å². The summed E-state index contributed by atoms with van der Waals surface area (Å²) < 4.78 is 0. The van der Waals surface area contributed by atoms with Crippen molar-refractivity contribution in [3.05, 3.63) is 41.5 Å². The third-order valence-corrected chi connectivity index (χ3v) is 2.49. The van der Waals surface area contributed by atoms with Crippen LogP contribution in [0.1, 0.15) is 52.7 Å². The highest BCUT2D eigenvalue weighted by Crippen LogP contribution is 2.21. The average Bonchev–Trinajstić information content (AvgIpc) is 2.13. The molecule has 1 rings (SSSR count). The van der Waals surface area contributed by atoms with E-state index >= 15 is 0 Å². The molecule has 94 valence electrons. The van der Waals surface area contributed by atoms with Gasteiger partial charge in [0, 0.05) is 0 Å². The molecule has 0 atom stereocenters. The molecular formula is C17H26. The van der Waals surface area contributed by atoms with Crippen molar-refractivity contribution in [2.45, 2.75) is 48.0 Å². The van der Waals surface area contributed by atoms with E-state index in [9.17, 15) is 0 Å². The van der Waals surface area contributed by atoms with Crippen LogP contribution < -0.4 is 0 Å². The Morgan fingerprint density at radius 1 is 0.882 bits per heavy atom. The molecule has 0 aromatic heterocycles. The fraction of sp³-hybridized carbons (Fsp3) is 0.529. The van der Waals surface area contributed by atoms with Crippen LogP contribution in [-0.2, 0) is 6.42 Å². The van der Waals surface area contributed by atoms with Gasteiger partial charge in [0.15, 0.2) is 0 Å². The van der Waals surface area contributed by atoms with Gasteiger partial charge in [-0.15, -0.1) is 0 Å². The molecule has 17 heavy (non-hydrogen) atoms. The lowest BCUT2D eigenvalue weighted by Gasteiger charge is -2.18. The highest BCUT2D eigenvalue weighted by atomic mass is 14.2. The molecular weight excluding hydrogens is 204 g/mol. The van der Waals surface area contributed by atoms with Crippen LogP contribution in [0, 0.1) is 10.8 Å². The molecule has 0 saturated heterocycles. The maximum Gasteiger partial charge on any atom is -0.0200 e. The van der Waals surface area contributed by atoms with Crippen molar-refractivity contribution in [2.24, 2.45) is 10.8 Å². The average molecular weight is 230 g/mol. The zero-order valence-electron chi connectivity index (χ0n) is 12.2. The van der Waals surface area contributed by atoms with Gasteiger partial charge in [-0.25, -0.2) is 0 Å². The molecule has 0 fully saturated rings. The van der Waals surface area contributed by atoms with Gasteiger partial charge in [-0.1, -0.05) is 78.0 Å². The summed E-state index contributed by atoms with van der Waals surface area (Å²) in [5.74, 6) is 0. The molecule has 0 bridgehead atoms. The van der Waals surface area contributed by atoms with Crippen LogP contribution >= 0.6 is 0 Å². The summed E-state index contributed by atoms with van der Waals surface area (Å²) in [4.78, 5) is 0. The zero-order valence-corrected chi connectivity index (χ0v) is 12.2. The monoisotopic (exact) mass is 230 g/mol. The van der Waals surface area contributed by atoms with E-state index in [1.165, 1.54) is 11.1 Å². The van der Waals surface area contributed by atoms with Crippen LogP contribution in [0.15, 0.2) is 30.3 Å². The van der Waals surface area contributed by atoms with Gasteiger partial charge in [-0.3, -0.25) is 0 Å². The van der Waals surface area contributed by atoms with Crippen molar-refractivity contribution < 1.29 is 0 Å². The minimum absolute atomic E-state index is 0.254. The van der Waals surface area contributed by atoms with Crippen molar-refractivity contribution in [1.29, 1.82) is 0 Å². The molecule has 0 radical (unpaired) electrons. The number of benzene rings is 1. The van der Waals surface area contributed by atoms with Gasteiger partial charge in [-0.2, -0.15) is 0 Å². The number of hydrogen-bond donors (Lipinski definition) is 0. The fourth-order valence-corrected chi connectivity index (χ4v) is 1.71. The van der Waals surface area contributed by atoms with Gasteiger partial charge < -0.3 is 0 Å². The van der Waals surface area contributed by atoms with Crippen LogP contribution in [0.25, 0.3) is 6.08 Å². The first-order valence-corrected chi connectivity index (χ1v) is 6.44. The maximum absolute atomic E-state index is 2.28. The number of allylic oxidation sites excluding steroid dienone is 1. The van der Waals surface area contributed by atoms with E-state index in [1.54, 1.807) is 0 Å². The van der Waals surface area contributed by atoms with Gasteiger partial charge in [-0.05, 0) is 28.4 Å². The smallest absolute Gasteiger partial charge is 0.0200 e. The van der Waals surface area contributed by atoms with E-state index in [4.69, 9.17) is 0 Å². The van der Waals surface area contributed by atoms with E-state index in [0.717, 1.165) is 6.42 Å². The van der Waals surface area contributed by atoms with E-state index in [1.807, 2.05) is 0 Å². The Kier molecular flexibility index (Phi) is 4.19. The van der Waals surface area contributed by atoms with Crippen LogP contribution in [0.5, 0.6) is 0 Å². The lowest BCUT2D eigenvalue weighted by Crippen LogP contribution is -2.08. The summed E-state index contributed by atoms with van der Waals surface area (Å²) >= 11 is 0. The minimum Gasteiger partial charge on any atom is -0.0785 e. The van der Waals surface area contributed by atoms with Crippen LogP contribution in [0.2, 0.25) is 0 Å². The minimum atomic E-state index is 0.254.